The Balaban J connectivity index is 1.72. The lowest BCUT2D eigenvalue weighted by molar-refractivity contribution is -0.0538. The normalized spacial score (nSPS) is 15.2. The number of piperazine rings is 1. The van der Waals surface area contributed by atoms with Gasteiger partial charge in [0.2, 0.25) is 5.88 Å². The highest BCUT2D eigenvalue weighted by Gasteiger charge is 2.25. The zero-order valence-corrected chi connectivity index (χ0v) is 21.4. The van der Waals surface area contributed by atoms with Gasteiger partial charge >= 0.3 is 6.61 Å². The van der Waals surface area contributed by atoms with E-state index in [1.807, 2.05) is 29.7 Å². The molecule has 0 unspecified atom stereocenters. The largest absolute Gasteiger partial charge is 0.415 e. The van der Waals surface area contributed by atoms with E-state index in [4.69, 9.17) is 0 Å². The minimum Gasteiger partial charge on any atom is -0.415 e. The minimum atomic E-state index is -3.10. The van der Waals surface area contributed by atoms with Gasteiger partial charge in [0.15, 0.2) is 5.65 Å². The fourth-order valence-corrected chi connectivity index (χ4v) is 4.36. The Labute approximate surface area is 217 Å². The van der Waals surface area contributed by atoms with Crippen molar-refractivity contribution in [2.45, 2.75) is 33.9 Å². The number of fused-ring (bicyclic) bond motifs is 1. The average Bonchev–Trinajstić information content (AvgIpc) is 2.91. The van der Waals surface area contributed by atoms with Crippen molar-refractivity contribution in [3.8, 4) is 5.88 Å². The van der Waals surface area contributed by atoms with Crippen LogP contribution in [0.4, 0.5) is 18.9 Å². The molecule has 0 bridgehead atoms. The molecule has 4 rings (SSSR count). The first-order valence-corrected chi connectivity index (χ1v) is 12.0. The highest BCUT2D eigenvalue weighted by atomic mass is 19.3. The smallest absolute Gasteiger partial charge is 0.388 e. The lowest BCUT2D eigenvalue weighted by atomic mass is 10.1. The number of nitrogens with zero attached hydrogens (tertiary/aromatic N) is 7. The van der Waals surface area contributed by atoms with Crippen LogP contribution in [0, 0.1) is 6.92 Å². The second-order valence-electron chi connectivity index (χ2n) is 8.67. The summed E-state index contributed by atoms with van der Waals surface area (Å²) < 4.78 is 46.3. The summed E-state index contributed by atoms with van der Waals surface area (Å²) in [5.41, 5.74) is 2.62. The Hall–Kier alpha value is -4.22. The molecule has 12 heteroatoms. The van der Waals surface area contributed by atoms with Gasteiger partial charge in [0.25, 0.3) is 5.56 Å². The van der Waals surface area contributed by atoms with Crippen LogP contribution < -0.4 is 15.2 Å². The maximum atomic E-state index is 14.6. The molecule has 0 spiro atoms. The third kappa shape index (κ3) is 5.53. The lowest BCUT2D eigenvalue weighted by Gasteiger charge is -2.38. The predicted octanol–water partition coefficient (Wildman–Crippen LogP) is 3.99. The fraction of sp³-hybridized carbons (Fsp3) is 0.346. The molecular weight excluding hydrogens is 499 g/mol. The van der Waals surface area contributed by atoms with Crippen molar-refractivity contribution in [3.05, 3.63) is 82.2 Å². The molecule has 0 N–H and O–H groups in total. The summed E-state index contributed by atoms with van der Waals surface area (Å²) in [7, 11) is 0. The summed E-state index contributed by atoms with van der Waals surface area (Å²) in [6.45, 7) is 7.49. The van der Waals surface area contributed by atoms with Gasteiger partial charge < -0.3 is 14.5 Å². The Morgan fingerprint density at radius 2 is 1.89 bits per heavy atom. The van der Waals surface area contributed by atoms with Gasteiger partial charge in [0, 0.05) is 44.8 Å². The molecule has 0 aliphatic carbocycles. The summed E-state index contributed by atoms with van der Waals surface area (Å²) in [6.07, 6.45) is 7.18. The van der Waals surface area contributed by atoms with Crippen LogP contribution in [-0.2, 0) is 6.54 Å². The molecular formula is C26H28F3N7O2. The van der Waals surface area contributed by atoms with Crippen LogP contribution in [0.1, 0.15) is 25.2 Å². The molecule has 38 heavy (non-hydrogen) atoms. The van der Waals surface area contributed by atoms with E-state index < -0.39 is 18.0 Å². The summed E-state index contributed by atoms with van der Waals surface area (Å²) in [6, 6.07) is 1.67. The number of ether oxygens (including phenoxy) is 1. The van der Waals surface area contributed by atoms with Crippen LogP contribution in [0.2, 0.25) is 0 Å². The van der Waals surface area contributed by atoms with E-state index in [1.54, 1.807) is 19.2 Å². The Morgan fingerprint density at radius 1 is 1.18 bits per heavy atom. The Kier molecular flexibility index (Phi) is 8.08. The molecule has 3 aromatic heterocycles. The van der Waals surface area contributed by atoms with Crippen molar-refractivity contribution >= 4 is 16.9 Å². The first-order chi connectivity index (χ1) is 18.2. The molecule has 0 saturated carbocycles. The molecule has 1 fully saturated rings. The number of aromatic nitrogens is 5. The molecule has 0 aromatic carbocycles. The number of anilines is 1. The van der Waals surface area contributed by atoms with Crippen LogP contribution >= 0.6 is 0 Å². The summed E-state index contributed by atoms with van der Waals surface area (Å²) >= 11 is 0. The van der Waals surface area contributed by atoms with Crippen LogP contribution in [0.3, 0.4) is 0 Å². The molecule has 1 aliphatic heterocycles. The number of allylic oxidation sites excluding steroid dienone is 4. The van der Waals surface area contributed by atoms with Gasteiger partial charge in [-0.2, -0.15) is 8.78 Å². The molecule has 0 radical (unpaired) electrons. The summed E-state index contributed by atoms with van der Waals surface area (Å²) in [5.74, 6) is -0.774. The molecule has 200 valence electrons. The number of aryl methyl sites for hydroxylation is 1. The standard InChI is InChI=1S/C26H28F3N7O2/c1-5-16(3)22(18(27)6-2)35-11-9-34(10-12-35)21-13-19-23(33-17(4)14-32-19)36(25(21)37)15-20-24(38-26(28)29)31-8-7-30-20/h5-8,13-14,26H,2,9-12,15H2,1,3-4H3/b16-5-,22-18-. The number of pyridine rings is 1. The van der Waals surface area contributed by atoms with E-state index in [2.05, 4.69) is 31.3 Å². The second kappa shape index (κ2) is 11.4. The van der Waals surface area contributed by atoms with E-state index in [0.29, 0.717) is 48.8 Å². The third-order valence-electron chi connectivity index (χ3n) is 6.29. The quantitative estimate of drug-likeness (QED) is 0.407. The topological polar surface area (TPSA) is 89.3 Å². The fourth-order valence-electron chi connectivity index (χ4n) is 4.36. The number of alkyl halides is 2. The van der Waals surface area contributed by atoms with E-state index in [0.717, 1.165) is 5.57 Å². The van der Waals surface area contributed by atoms with E-state index in [9.17, 15) is 18.0 Å². The lowest BCUT2D eigenvalue weighted by Crippen LogP contribution is -2.48. The van der Waals surface area contributed by atoms with Crippen molar-refractivity contribution in [2.75, 3.05) is 31.1 Å². The zero-order chi connectivity index (χ0) is 27.4. The minimum absolute atomic E-state index is 0.0537. The van der Waals surface area contributed by atoms with Crippen LogP contribution in [0.15, 0.2) is 65.3 Å². The highest BCUT2D eigenvalue weighted by molar-refractivity contribution is 5.75. The van der Waals surface area contributed by atoms with Crippen molar-refractivity contribution < 1.29 is 17.9 Å². The van der Waals surface area contributed by atoms with Crippen molar-refractivity contribution in [1.29, 1.82) is 0 Å². The van der Waals surface area contributed by atoms with Gasteiger partial charge in [-0.05, 0) is 38.5 Å². The molecule has 3 aromatic rings. The molecule has 4 heterocycles. The van der Waals surface area contributed by atoms with Crippen LogP contribution in [0.5, 0.6) is 5.88 Å². The molecule has 1 saturated heterocycles. The maximum Gasteiger partial charge on any atom is 0.388 e. The van der Waals surface area contributed by atoms with Crippen molar-refractivity contribution in [2.24, 2.45) is 0 Å². The monoisotopic (exact) mass is 527 g/mol. The van der Waals surface area contributed by atoms with E-state index >= 15 is 0 Å². The van der Waals surface area contributed by atoms with Gasteiger partial charge in [-0.15, -0.1) is 0 Å². The van der Waals surface area contributed by atoms with Gasteiger partial charge in [-0.25, -0.2) is 14.4 Å². The first-order valence-electron chi connectivity index (χ1n) is 12.0. The van der Waals surface area contributed by atoms with Crippen LogP contribution in [-0.4, -0.2) is 62.2 Å². The highest BCUT2D eigenvalue weighted by Crippen LogP contribution is 2.25. The SMILES string of the molecule is C=C/C(F)=C(\C(C)=C/C)N1CCN(c2cc3ncc(C)nc3n(Cc3nccnc3OC(F)F)c2=O)CC1. The molecule has 0 amide bonds. The second-order valence-corrected chi connectivity index (χ2v) is 8.67. The molecule has 1 aliphatic rings. The van der Waals surface area contributed by atoms with Crippen molar-refractivity contribution in [3.63, 3.8) is 0 Å². The van der Waals surface area contributed by atoms with Crippen LogP contribution in [0.25, 0.3) is 11.2 Å². The third-order valence-corrected chi connectivity index (χ3v) is 6.29. The Morgan fingerprint density at radius 3 is 2.55 bits per heavy atom. The van der Waals surface area contributed by atoms with Gasteiger partial charge in [-0.1, -0.05) is 12.7 Å². The Bertz CT molecular complexity index is 1460. The molecule has 0 atom stereocenters. The summed E-state index contributed by atoms with van der Waals surface area (Å²) in [4.78, 5) is 34.5. The van der Waals surface area contributed by atoms with E-state index in [-0.39, 0.29) is 23.8 Å². The average molecular weight is 528 g/mol. The number of halogens is 3. The number of hydrogen-bond donors (Lipinski definition) is 0. The number of rotatable bonds is 8. The van der Waals surface area contributed by atoms with E-state index in [1.165, 1.54) is 23.0 Å². The maximum absolute atomic E-state index is 14.6. The van der Waals surface area contributed by atoms with Crippen molar-refractivity contribution in [1.82, 2.24) is 29.4 Å². The predicted molar refractivity (Wildman–Crippen MR) is 138 cm³/mol. The molecule has 9 nitrogen and oxygen atoms in total. The zero-order valence-electron chi connectivity index (χ0n) is 21.4. The van der Waals surface area contributed by atoms with Gasteiger partial charge in [0.1, 0.15) is 22.7 Å². The number of hydrogen-bond acceptors (Lipinski definition) is 8. The first kappa shape index (κ1) is 26.8. The van der Waals surface area contributed by atoms with Gasteiger partial charge in [-0.3, -0.25) is 19.3 Å². The van der Waals surface area contributed by atoms with Gasteiger partial charge in [0.05, 0.1) is 17.9 Å². The summed E-state index contributed by atoms with van der Waals surface area (Å²) in [5, 5.41) is 0.